The lowest BCUT2D eigenvalue weighted by Crippen LogP contribution is -2.50. The van der Waals surface area contributed by atoms with Crippen LogP contribution in [0.2, 0.25) is 5.02 Å². The highest BCUT2D eigenvalue weighted by atomic mass is 79.9. The summed E-state index contributed by atoms with van der Waals surface area (Å²) in [6.45, 7) is 4.92. The molecule has 110 valence electrons. The second kappa shape index (κ2) is 6.45. The van der Waals surface area contributed by atoms with Crippen LogP contribution in [0.5, 0.6) is 0 Å². The molecule has 0 atom stereocenters. The fourth-order valence-electron chi connectivity index (χ4n) is 1.52. The zero-order valence-electron chi connectivity index (χ0n) is 11.4. The summed E-state index contributed by atoms with van der Waals surface area (Å²) in [5.74, 6) is -1.07. The summed E-state index contributed by atoms with van der Waals surface area (Å²) in [5, 5.41) is 12.0. The predicted molar refractivity (Wildman–Crippen MR) is 82.3 cm³/mol. The van der Waals surface area contributed by atoms with Crippen LogP contribution < -0.4 is 5.32 Å². The summed E-state index contributed by atoms with van der Waals surface area (Å²) in [6, 6.07) is 4.48. The maximum atomic E-state index is 12.2. The standard InChI is InChI=1S/C13H16BrClN2O3/c1-13(2,3)17(7-11(18)19)12(20)16-10-6-8(15)4-5-9(10)14/h4-6H,7H2,1-3H3,(H,16,20)(H,18,19). The molecule has 0 aliphatic carbocycles. The number of halogens is 2. The van der Waals surface area contributed by atoms with Crippen molar-refractivity contribution < 1.29 is 14.7 Å². The Kier molecular flexibility index (Phi) is 5.42. The zero-order chi connectivity index (χ0) is 15.5. The third-order valence-corrected chi connectivity index (χ3v) is 3.44. The molecule has 0 fully saturated rings. The van der Waals surface area contributed by atoms with E-state index in [1.54, 1.807) is 39.0 Å². The summed E-state index contributed by atoms with van der Waals surface area (Å²) in [4.78, 5) is 24.4. The molecule has 20 heavy (non-hydrogen) atoms. The minimum absolute atomic E-state index is 0.381. The van der Waals surface area contributed by atoms with E-state index >= 15 is 0 Å². The molecule has 2 N–H and O–H groups in total. The maximum Gasteiger partial charge on any atom is 0.323 e. The molecule has 0 saturated carbocycles. The highest BCUT2D eigenvalue weighted by molar-refractivity contribution is 9.10. The van der Waals surface area contributed by atoms with Crippen molar-refractivity contribution in [1.29, 1.82) is 0 Å². The van der Waals surface area contributed by atoms with Gasteiger partial charge in [-0.15, -0.1) is 0 Å². The van der Waals surface area contributed by atoms with E-state index in [9.17, 15) is 9.59 Å². The molecule has 0 aliphatic heterocycles. The first kappa shape index (κ1) is 16.8. The van der Waals surface area contributed by atoms with Crippen molar-refractivity contribution in [3.8, 4) is 0 Å². The van der Waals surface area contributed by atoms with Crippen LogP contribution in [0, 0.1) is 0 Å². The van der Waals surface area contributed by atoms with Gasteiger partial charge in [0.15, 0.2) is 0 Å². The summed E-state index contributed by atoms with van der Waals surface area (Å²) >= 11 is 9.18. The number of anilines is 1. The number of amides is 2. The van der Waals surface area contributed by atoms with Crippen LogP contribution in [0.25, 0.3) is 0 Å². The van der Waals surface area contributed by atoms with Crippen LogP contribution in [-0.4, -0.2) is 34.1 Å². The van der Waals surface area contributed by atoms with Gasteiger partial charge in [-0.25, -0.2) is 4.79 Å². The van der Waals surface area contributed by atoms with E-state index in [0.29, 0.717) is 15.2 Å². The summed E-state index contributed by atoms with van der Waals surface area (Å²) in [5.41, 5.74) is -0.129. The van der Waals surface area contributed by atoms with Crippen LogP contribution in [0.3, 0.4) is 0 Å². The number of urea groups is 1. The Morgan fingerprint density at radius 2 is 2.00 bits per heavy atom. The van der Waals surface area contributed by atoms with Gasteiger partial charge in [-0.2, -0.15) is 0 Å². The molecule has 1 aromatic rings. The van der Waals surface area contributed by atoms with Gasteiger partial charge < -0.3 is 15.3 Å². The van der Waals surface area contributed by atoms with E-state index in [4.69, 9.17) is 16.7 Å². The highest BCUT2D eigenvalue weighted by Crippen LogP contribution is 2.27. The highest BCUT2D eigenvalue weighted by Gasteiger charge is 2.28. The van der Waals surface area contributed by atoms with Gasteiger partial charge in [0.1, 0.15) is 6.54 Å². The Labute approximate surface area is 131 Å². The van der Waals surface area contributed by atoms with Gasteiger partial charge in [0.05, 0.1) is 5.69 Å². The van der Waals surface area contributed by atoms with Gasteiger partial charge in [0, 0.05) is 15.0 Å². The first-order valence-electron chi connectivity index (χ1n) is 5.86. The Balaban J connectivity index is 2.96. The van der Waals surface area contributed by atoms with Crippen molar-refractivity contribution in [3.05, 3.63) is 27.7 Å². The van der Waals surface area contributed by atoms with E-state index in [1.807, 2.05) is 0 Å². The number of hydrogen-bond acceptors (Lipinski definition) is 2. The van der Waals surface area contributed by atoms with Crippen LogP contribution in [0.1, 0.15) is 20.8 Å². The predicted octanol–water partition coefficient (Wildman–Crippen LogP) is 3.82. The molecule has 0 spiro atoms. The number of hydrogen-bond donors (Lipinski definition) is 2. The summed E-state index contributed by atoms with van der Waals surface area (Å²) in [6.07, 6.45) is 0. The van der Waals surface area contributed by atoms with Crippen LogP contribution >= 0.6 is 27.5 Å². The summed E-state index contributed by atoms with van der Waals surface area (Å²) < 4.78 is 0.666. The first-order chi connectivity index (χ1) is 9.11. The monoisotopic (exact) mass is 362 g/mol. The summed E-state index contributed by atoms with van der Waals surface area (Å²) in [7, 11) is 0. The maximum absolute atomic E-state index is 12.2. The molecule has 1 aromatic carbocycles. The average molecular weight is 364 g/mol. The van der Waals surface area contributed by atoms with E-state index in [0.717, 1.165) is 0 Å². The number of nitrogens with one attached hydrogen (secondary N) is 1. The van der Waals surface area contributed by atoms with Gasteiger partial charge in [-0.1, -0.05) is 11.6 Å². The zero-order valence-corrected chi connectivity index (χ0v) is 13.7. The number of aliphatic carboxylic acids is 1. The fourth-order valence-corrected chi connectivity index (χ4v) is 2.04. The smallest absolute Gasteiger partial charge is 0.323 e. The SMILES string of the molecule is CC(C)(C)N(CC(=O)O)C(=O)Nc1cc(Cl)ccc1Br. The normalized spacial score (nSPS) is 11.1. The number of carbonyl (C=O) groups is 2. The number of carboxylic acid groups (broad SMARTS) is 1. The third kappa shape index (κ3) is 4.68. The molecule has 0 aliphatic rings. The minimum Gasteiger partial charge on any atom is -0.480 e. The van der Waals surface area contributed by atoms with E-state index in [1.165, 1.54) is 4.90 Å². The Morgan fingerprint density at radius 1 is 1.40 bits per heavy atom. The molecule has 7 heteroatoms. The number of rotatable bonds is 3. The van der Waals surface area contributed by atoms with E-state index < -0.39 is 17.5 Å². The molecular weight excluding hydrogens is 348 g/mol. The lowest BCUT2D eigenvalue weighted by molar-refractivity contribution is -0.138. The molecule has 0 bridgehead atoms. The van der Waals surface area contributed by atoms with Gasteiger partial charge in [-0.3, -0.25) is 4.79 Å². The molecule has 5 nitrogen and oxygen atoms in total. The Bertz CT molecular complexity index is 529. The van der Waals surface area contributed by atoms with Crippen LogP contribution in [-0.2, 0) is 4.79 Å². The number of carboxylic acids is 1. The van der Waals surface area contributed by atoms with Crippen molar-refractivity contribution in [3.63, 3.8) is 0 Å². The Hall–Kier alpha value is -1.27. The van der Waals surface area contributed by atoms with E-state index in [-0.39, 0.29) is 6.54 Å². The number of benzene rings is 1. The first-order valence-corrected chi connectivity index (χ1v) is 7.04. The number of carbonyl (C=O) groups excluding carboxylic acids is 1. The second-order valence-electron chi connectivity index (χ2n) is 5.21. The average Bonchev–Trinajstić information content (AvgIpc) is 2.29. The van der Waals surface area contributed by atoms with Crippen LogP contribution in [0.15, 0.2) is 22.7 Å². The molecular formula is C13H16BrClN2O3. The quantitative estimate of drug-likeness (QED) is 0.857. The lowest BCUT2D eigenvalue weighted by atomic mass is 10.1. The van der Waals surface area contributed by atoms with Gasteiger partial charge in [0.25, 0.3) is 0 Å². The molecule has 1 rings (SSSR count). The van der Waals surface area contributed by atoms with E-state index in [2.05, 4.69) is 21.2 Å². The minimum atomic E-state index is -1.07. The van der Waals surface area contributed by atoms with Crippen molar-refractivity contribution in [1.82, 2.24) is 4.90 Å². The topological polar surface area (TPSA) is 69.6 Å². The number of nitrogens with zero attached hydrogens (tertiary/aromatic N) is 1. The van der Waals surface area contributed by atoms with Crippen molar-refractivity contribution >= 4 is 45.2 Å². The largest absolute Gasteiger partial charge is 0.480 e. The van der Waals surface area contributed by atoms with Crippen molar-refractivity contribution in [2.24, 2.45) is 0 Å². The van der Waals surface area contributed by atoms with Crippen molar-refractivity contribution in [2.75, 3.05) is 11.9 Å². The van der Waals surface area contributed by atoms with Crippen LogP contribution in [0.4, 0.5) is 10.5 Å². The fraction of sp³-hybridized carbons (Fsp3) is 0.385. The second-order valence-corrected chi connectivity index (χ2v) is 6.50. The van der Waals surface area contributed by atoms with Gasteiger partial charge in [-0.05, 0) is 54.9 Å². The van der Waals surface area contributed by atoms with Crippen molar-refractivity contribution in [2.45, 2.75) is 26.3 Å². The third-order valence-electron chi connectivity index (χ3n) is 2.52. The van der Waals surface area contributed by atoms with Gasteiger partial charge in [0.2, 0.25) is 0 Å². The molecule has 2 amide bonds. The molecule has 0 heterocycles. The van der Waals surface area contributed by atoms with Gasteiger partial charge >= 0.3 is 12.0 Å². The lowest BCUT2D eigenvalue weighted by Gasteiger charge is -2.34. The molecule has 0 aromatic heterocycles. The molecule has 0 saturated heterocycles. The molecule has 0 unspecified atom stereocenters. The molecule has 0 radical (unpaired) electrons. The Morgan fingerprint density at radius 3 is 2.50 bits per heavy atom.